The van der Waals surface area contributed by atoms with E-state index >= 15 is 0 Å². The van der Waals surface area contributed by atoms with Gasteiger partial charge in [0, 0.05) is 32.1 Å². The lowest BCUT2D eigenvalue weighted by Crippen LogP contribution is -2.48. The van der Waals surface area contributed by atoms with E-state index in [-0.39, 0.29) is 24.5 Å². The number of piperazine rings is 1. The number of carbonyl (C=O) groups excluding carboxylic acids is 2. The Labute approximate surface area is 171 Å². The van der Waals surface area contributed by atoms with Gasteiger partial charge in [0.2, 0.25) is 5.91 Å². The molecular weight excluding hydrogens is 366 g/mol. The Morgan fingerprint density at radius 1 is 1.17 bits per heavy atom. The van der Waals surface area contributed by atoms with Crippen molar-refractivity contribution in [3.05, 3.63) is 59.2 Å². The average molecular weight is 393 g/mol. The maximum atomic E-state index is 12.8. The quantitative estimate of drug-likeness (QED) is 0.819. The van der Waals surface area contributed by atoms with Gasteiger partial charge in [0.15, 0.2) is 6.61 Å². The van der Waals surface area contributed by atoms with Gasteiger partial charge in [0.25, 0.3) is 5.91 Å². The Morgan fingerprint density at radius 2 is 1.97 bits per heavy atom. The molecule has 2 amide bonds. The summed E-state index contributed by atoms with van der Waals surface area (Å²) >= 11 is 0. The van der Waals surface area contributed by atoms with Gasteiger partial charge in [0.1, 0.15) is 5.75 Å². The first-order valence-electron chi connectivity index (χ1n) is 10.3. The predicted molar refractivity (Wildman–Crippen MR) is 112 cm³/mol. The van der Waals surface area contributed by atoms with E-state index in [1.165, 1.54) is 11.1 Å². The van der Waals surface area contributed by atoms with Gasteiger partial charge in [-0.3, -0.25) is 9.59 Å². The summed E-state index contributed by atoms with van der Waals surface area (Å²) in [5, 5.41) is 6.34. The van der Waals surface area contributed by atoms with Gasteiger partial charge in [-0.25, -0.2) is 0 Å². The maximum Gasteiger partial charge on any atom is 0.262 e. The number of hydrogen-bond donors (Lipinski definition) is 2. The van der Waals surface area contributed by atoms with E-state index in [0.717, 1.165) is 25.1 Å². The van der Waals surface area contributed by atoms with E-state index in [2.05, 4.69) is 41.8 Å². The summed E-state index contributed by atoms with van der Waals surface area (Å²) in [5.41, 5.74) is 4.25. The summed E-state index contributed by atoms with van der Waals surface area (Å²) in [7, 11) is 0. The molecule has 2 heterocycles. The summed E-state index contributed by atoms with van der Waals surface area (Å²) in [4.78, 5) is 26.2. The molecule has 6 nitrogen and oxygen atoms in total. The van der Waals surface area contributed by atoms with Crippen molar-refractivity contribution < 1.29 is 14.3 Å². The molecule has 2 aromatic carbocycles. The van der Waals surface area contributed by atoms with E-state index < -0.39 is 0 Å². The predicted octanol–water partition coefficient (Wildman–Crippen LogP) is 2.69. The third-order valence-electron chi connectivity index (χ3n) is 5.62. The number of benzene rings is 2. The van der Waals surface area contributed by atoms with Crippen molar-refractivity contribution in [2.75, 3.05) is 31.6 Å². The highest BCUT2D eigenvalue weighted by molar-refractivity contribution is 5.95. The summed E-state index contributed by atoms with van der Waals surface area (Å²) < 4.78 is 5.39. The van der Waals surface area contributed by atoms with Gasteiger partial charge >= 0.3 is 0 Å². The largest absolute Gasteiger partial charge is 0.482 e. The first-order chi connectivity index (χ1) is 14.1. The Bertz CT molecular complexity index is 895. The molecule has 0 saturated carbocycles. The molecule has 0 spiro atoms. The third-order valence-corrected chi connectivity index (χ3v) is 5.62. The molecule has 2 aromatic rings. The molecule has 1 fully saturated rings. The number of rotatable bonds is 5. The van der Waals surface area contributed by atoms with Crippen molar-refractivity contribution in [3.8, 4) is 5.75 Å². The second-order valence-electron chi connectivity index (χ2n) is 7.61. The zero-order valence-corrected chi connectivity index (χ0v) is 16.7. The number of aryl methyl sites for hydroxylation is 2. The standard InChI is InChI=1S/C23H27N3O3/c1-2-16-3-7-18(8-4-16)20-14-26(12-11-24-20)23(28)10-6-17-5-9-21-19(13-17)25-22(27)15-29-21/h3-5,7-9,13,20,24H,2,6,10-12,14-15H2,1H3,(H,25,27). The second kappa shape index (κ2) is 8.66. The molecule has 1 atom stereocenters. The number of ether oxygens (including phenoxy) is 1. The Hall–Kier alpha value is -2.86. The first-order valence-corrected chi connectivity index (χ1v) is 10.3. The minimum atomic E-state index is -0.149. The van der Waals surface area contributed by atoms with Crippen molar-refractivity contribution in [1.82, 2.24) is 10.2 Å². The Morgan fingerprint density at radius 3 is 2.76 bits per heavy atom. The lowest BCUT2D eigenvalue weighted by Gasteiger charge is -2.34. The van der Waals surface area contributed by atoms with E-state index in [1.54, 1.807) is 0 Å². The van der Waals surface area contributed by atoms with Gasteiger partial charge in [-0.15, -0.1) is 0 Å². The molecule has 29 heavy (non-hydrogen) atoms. The van der Waals surface area contributed by atoms with Crippen LogP contribution in [0.3, 0.4) is 0 Å². The lowest BCUT2D eigenvalue weighted by atomic mass is 10.0. The van der Waals surface area contributed by atoms with Crippen LogP contribution in [0, 0.1) is 0 Å². The molecule has 2 aliphatic heterocycles. The average Bonchev–Trinajstić information content (AvgIpc) is 2.77. The number of amides is 2. The van der Waals surface area contributed by atoms with Crippen LogP contribution in [-0.4, -0.2) is 43.0 Å². The second-order valence-corrected chi connectivity index (χ2v) is 7.61. The van der Waals surface area contributed by atoms with Crippen molar-refractivity contribution in [2.24, 2.45) is 0 Å². The van der Waals surface area contributed by atoms with Crippen LogP contribution in [-0.2, 0) is 22.4 Å². The Balaban J connectivity index is 1.34. The molecular formula is C23H27N3O3. The highest BCUT2D eigenvalue weighted by Gasteiger charge is 2.24. The van der Waals surface area contributed by atoms with Crippen LogP contribution in [0.15, 0.2) is 42.5 Å². The van der Waals surface area contributed by atoms with Gasteiger partial charge in [-0.1, -0.05) is 37.3 Å². The monoisotopic (exact) mass is 393 g/mol. The minimum Gasteiger partial charge on any atom is -0.482 e. The van der Waals surface area contributed by atoms with E-state index in [0.29, 0.717) is 30.8 Å². The van der Waals surface area contributed by atoms with Crippen molar-refractivity contribution >= 4 is 17.5 Å². The van der Waals surface area contributed by atoms with Gasteiger partial charge in [-0.05, 0) is 41.7 Å². The summed E-state index contributed by atoms with van der Waals surface area (Å²) in [6.07, 6.45) is 2.12. The van der Waals surface area contributed by atoms with E-state index in [1.807, 2.05) is 23.1 Å². The normalized spacial score (nSPS) is 18.6. The van der Waals surface area contributed by atoms with Crippen LogP contribution in [0.4, 0.5) is 5.69 Å². The van der Waals surface area contributed by atoms with Crippen LogP contribution >= 0.6 is 0 Å². The number of fused-ring (bicyclic) bond motifs is 1. The molecule has 4 rings (SSSR count). The SMILES string of the molecule is CCc1ccc(C2CN(C(=O)CCc3ccc4c(c3)NC(=O)CO4)CCN2)cc1. The van der Waals surface area contributed by atoms with E-state index in [9.17, 15) is 9.59 Å². The lowest BCUT2D eigenvalue weighted by molar-refractivity contribution is -0.132. The number of nitrogens with zero attached hydrogens (tertiary/aromatic N) is 1. The maximum absolute atomic E-state index is 12.8. The smallest absolute Gasteiger partial charge is 0.262 e. The molecule has 0 aromatic heterocycles. The Kier molecular flexibility index (Phi) is 5.81. The summed E-state index contributed by atoms with van der Waals surface area (Å²) in [5.74, 6) is 0.697. The van der Waals surface area contributed by atoms with Crippen LogP contribution in [0.25, 0.3) is 0 Å². The highest BCUT2D eigenvalue weighted by Crippen LogP contribution is 2.29. The number of nitrogens with one attached hydrogen (secondary N) is 2. The topological polar surface area (TPSA) is 70.7 Å². The number of carbonyl (C=O) groups is 2. The molecule has 152 valence electrons. The van der Waals surface area contributed by atoms with Gasteiger partial charge in [0.05, 0.1) is 5.69 Å². The fraction of sp³-hybridized carbons (Fsp3) is 0.391. The number of hydrogen-bond acceptors (Lipinski definition) is 4. The van der Waals surface area contributed by atoms with Crippen LogP contribution in [0.2, 0.25) is 0 Å². The van der Waals surface area contributed by atoms with Crippen molar-refractivity contribution in [1.29, 1.82) is 0 Å². The zero-order valence-electron chi connectivity index (χ0n) is 16.7. The number of anilines is 1. The van der Waals surface area contributed by atoms with Crippen LogP contribution < -0.4 is 15.4 Å². The minimum absolute atomic E-state index is 0.0518. The van der Waals surface area contributed by atoms with Crippen molar-refractivity contribution in [2.45, 2.75) is 32.2 Å². The molecule has 1 saturated heterocycles. The molecule has 1 unspecified atom stereocenters. The molecule has 0 radical (unpaired) electrons. The molecule has 2 N–H and O–H groups in total. The van der Waals surface area contributed by atoms with Crippen LogP contribution in [0.5, 0.6) is 5.75 Å². The van der Waals surface area contributed by atoms with Gasteiger partial charge < -0.3 is 20.3 Å². The molecule has 2 aliphatic rings. The zero-order chi connectivity index (χ0) is 20.2. The first kappa shape index (κ1) is 19.5. The van der Waals surface area contributed by atoms with Crippen molar-refractivity contribution in [3.63, 3.8) is 0 Å². The molecule has 6 heteroatoms. The fourth-order valence-electron chi connectivity index (χ4n) is 3.88. The van der Waals surface area contributed by atoms with Gasteiger partial charge in [-0.2, -0.15) is 0 Å². The highest BCUT2D eigenvalue weighted by atomic mass is 16.5. The molecule has 0 bridgehead atoms. The third kappa shape index (κ3) is 4.59. The van der Waals surface area contributed by atoms with E-state index in [4.69, 9.17) is 4.74 Å². The summed E-state index contributed by atoms with van der Waals surface area (Å²) in [6, 6.07) is 14.5. The van der Waals surface area contributed by atoms with Crippen LogP contribution in [0.1, 0.15) is 36.1 Å². The summed E-state index contributed by atoms with van der Waals surface area (Å²) in [6.45, 7) is 4.43. The fourth-order valence-corrected chi connectivity index (χ4v) is 3.88. The molecule has 0 aliphatic carbocycles.